The molecule has 0 fully saturated rings. The normalized spacial score (nSPS) is 14.6. The molecule has 128 valence electrons. The van der Waals surface area contributed by atoms with Crippen molar-refractivity contribution >= 4 is 32.3 Å². The quantitative estimate of drug-likeness (QED) is 0.256. The summed E-state index contributed by atoms with van der Waals surface area (Å²) in [6.07, 6.45) is 0. The van der Waals surface area contributed by atoms with E-state index in [0.29, 0.717) is 0 Å². The van der Waals surface area contributed by atoms with E-state index < -0.39 is 0 Å². The number of hydrogen-bond donors (Lipinski definition) is 0. The van der Waals surface area contributed by atoms with Crippen LogP contribution in [0.25, 0.3) is 43.4 Å². The van der Waals surface area contributed by atoms with Crippen molar-refractivity contribution in [2.75, 3.05) is 0 Å². The summed E-state index contributed by atoms with van der Waals surface area (Å²) >= 11 is 0. The Hall–Kier alpha value is -3.12. The van der Waals surface area contributed by atoms with Gasteiger partial charge in [-0.2, -0.15) is 0 Å². The van der Waals surface area contributed by atoms with Gasteiger partial charge in [0.2, 0.25) is 0 Å². The average Bonchev–Trinajstić information content (AvgIpc) is 2.71. The van der Waals surface area contributed by atoms with Crippen molar-refractivity contribution in [3.05, 3.63) is 96.1 Å². The maximum Gasteiger partial charge on any atom is 0.0159 e. The molecule has 0 bridgehead atoms. The van der Waals surface area contributed by atoms with Crippen molar-refractivity contribution in [1.29, 1.82) is 0 Å². The predicted octanol–water partition coefficient (Wildman–Crippen LogP) is 7.45. The van der Waals surface area contributed by atoms with Gasteiger partial charge in [0.25, 0.3) is 0 Å². The van der Waals surface area contributed by atoms with Crippen LogP contribution in [-0.2, 0) is 5.41 Å². The molecule has 1 aliphatic carbocycles. The first-order valence-electron chi connectivity index (χ1n) is 9.64. The van der Waals surface area contributed by atoms with Gasteiger partial charge >= 0.3 is 0 Å². The average molecular weight is 344 g/mol. The second-order valence-corrected chi connectivity index (χ2v) is 8.20. The molecule has 0 heteroatoms. The maximum absolute atomic E-state index is 2.43. The molecule has 0 radical (unpaired) electrons. The van der Waals surface area contributed by atoms with Crippen LogP contribution in [-0.4, -0.2) is 0 Å². The zero-order valence-corrected chi connectivity index (χ0v) is 15.6. The number of benzene rings is 5. The molecule has 5 aromatic rings. The Morgan fingerprint density at radius 1 is 0.519 bits per heavy atom. The molecule has 6 rings (SSSR count). The zero-order chi connectivity index (χ0) is 18.2. The molecule has 0 aliphatic heterocycles. The fourth-order valence-electron chi connectivity index (χ4n) is 5.11. The van der Waals surface area contributed by atoms with E-state index >= 15 is 0 Å². The molecule has 0 saturated heterocycles. The van der Waals surface area contributed by atoms with Gasteiger partial charge in [0, 0.05) is 5.41 Å². The van der Waals surface area contributed by atoms with Crippen LogP contribution >= 0.6 is 0 Å². The summed E-state index contributed by atoms with van der Waals surface area (Å²) in [5.41, 5.74) is 5.61. The minimum atomic E-state index is 0.00757. The Morgan fingerprint density at radius 3 is 2.19 bits per heavy atom. The summed E-state index contributed by atoms with van der Waals surface area (Å²) in [5, 5.41) is 8.13. The van der Waals surface area contributed by atoms with Crippen molar-refractivity contribution < 1.29 is 0 Å². The molecule has 0 saturated carbocycles. The highest BCUT2D eigenvalue weighted by molar-refractivity contribution is 6.22. The van der Waals surface area contributed by atoms with Crippen LogP contribution in [0.15, 0.2) is 84.9 Å². The van der Waals surface area contributed by atoms with E-state index in [0.717, 1.165) is 0 Å². The van der Waals surface area contributed by atoms with Crippen molar-refractivity contribution in [2.45, 2.75) is 19.3 Å². The van der Waals surface area contributed by atoms with Crippen LogP contribution in [0.2, 0.25) is 0 Å². The molecule has 27 heavy (non-hydrogen) atoms. The lowest BCUT2D eigenvalue weighted by molar-refractivity contribution is 0.645. The summed E-state index contributed by atoms with van der Waals surface area (Å²) in [4.78, 5) is 0. The molecule has 1 aliphatic rings. The number of fused-ring (bicyclic) bond motifs is 6. The van der Waals surface area contributed by atoms with E-state index in [2.05, 4.69) is 98.8 Å². The lowest BCUT2D eigenvalue weighted by Crippen LogP contribution is -2.23. The maximum atomic E-state index is 2.43. The van der Waals surface area contributed by atoms with Crippen LogP contribution in [0.3, 0.4) is 0 Å². The van der Waals surface area contributed by atoms with E-state index in [1.165, 1.54) is 54.6 Å². The molecule has 0 aromatic heterocycles. The van der Waals surface area contributed by atoms with Gasteiger partial charge in [-0.25, -0.2) is 0 Å². The van der Waals surface area contributed by atoms with Crippen LogP contribution < -0.4 is 0 Å². The van der Waals surface area contributed by atoms with Crippen LogP contribution in [0.1, 0.15) is 25.0 Å². The third kappa shape index (κ3) is 1.83. The molecular weight excluding hydrogens is 324 g/mol. The first-order chi connectivity index (χ1) is 13.2. The molecule has 0 amide bonds. The van der Waals surface area contributed by atoms with Gasteiger partial charge < -0.3 is 0 Å². The molecular formula is C27H20. The smallest absolute Gasteiger partial charge is 0.0159 e. The molecule has 0 atom stereocenters. The third-order valence-electron chi connectivity index (χ3n) is 6.45. The van der Waals surface area contributed by atoms with Gasteiger partial charge in [-0.05, 0) is 60.6 Å². The summed E-state index contributed by atoms with van der Waals surface area (Å²) in [6.45, 7) is 4.71. The fraction of sp³-hybridized carbons (Fsp3) is 0.111. The van der Waals surface area contributed by atoms with E-state index in [9.17, 15) is 0 Å². The highest BCUT2D eigenvalue weighted by Gasteiger charge is 2.33. The Kier molecular flexibility index (Phi) is 2.77. The summed E-state index contributed by atoms with van der Waals surface area (Å²) in [5.74, 6) is 0. The molecule has 0 unspecified atom stereocenters. The standard InChI is InChI=1S/C27H20/c1-27(2)24-12-6-5-10-20(24)23-16-22-18-9-4-3-8-17(18)14-15-19(22)21-11-7-13-25(27)26(21)23/h3-16H,1-2H3. The predicted molar refractivity (Wildman–Crippen MR) is 117 cm³/mol. The van der Waals surface area contributed by atoms with Gasteiger partial charge in [-0.1, -0.05) is 92.7 Å². The topological polar surface area (TPSA) is 0 Å². The van der Waals surface area contributed by atoms with Gasteiger partial charge in [-0.15, -0.1) is 0 Å². The second kappa shape index (κ2) is 4.98. The van der Waals surface area contributed by atoms with Crippen molar-refractivity contribution in [2.24, 2.45) is 0 Å². The fourth-order valence-corrected chi connectivity index (χ4v) is 5.11. The zero-order valence-electron chi connectivity index (χ0n) is 15.6. The monoisotopic (exact) mass is 344 g/mol. The summed E-state index contributed by atoms with van der Waals surface area (Å²) < 4.78 is 0. The minimum absolute atomic E-state index is 0.00757. The van der Waals surface area contributed by atoms with Crippen molar-refractivity contribution in [3.8, 4) is 11.1 Å². The minimum Gasteiger partial charge on any atom is -0.0619 e. The van der Waals surface area contributed by atoms with Crippen molar-refractivity contribution in [3.63, 3.8) is 0 Å². The van der Waals surface area contributed by atoms with E-state index in [1.807, 2.05) is 0 Å². The van der Waals surface area contributed by atoms with Crippen LogP contribution in [0, 0.1) is 0 Å². The van der Waals surface area contributed by atoms with Crippen LogP contribution in [0.5, 0.6) is 0 Å². The highest BCUT2D eigenvalue weighted by atomic mass is 14.4. The van der Waals surface area contributed by atoms with E-state index in [4.69, 9.17) is 0 Å². The first-order valence-corrected chi connectivity index (χ1v) is 9.64. The molecule has 0 spiro atoms. The lowest BCUT2D eigenvalue weighted by Gasteiger charge is -2.35. The van der Waals surface area contributed by atoms with Gasteiger partial charge in [0.05, 0.1) is 0 Å². The summed E-state index contributed by atoms with van der Waals surface area (Å²) in [7, 11) is 0. The third-order valence-corrected chi connectivity index (χ3v) is 6.45. The number of rotatable bonds is 0. The molecule has 0 nitrogen and oxygen atoms in total. The Morgan fingerprint density at radius 2 is 1.26 bits per heavy atom. The van der Waals surface area contributed by atoms with E-state index in [1.54, 1.807) is 0 Å². The number of hydrogen-bond acceptors (Lipinski definition) is 0. The Bertz CT molecular complexity index is 1390. The molecule has 0 heterocycles. The summed E-state index contributed by atoms with van der Waals surface area (Å²) in [6, 6.07) is 31.5. The molecule has 5 aromatic carbocycles. The van der Waals surface area contributed by atoms with E-state index in [-0.39, 0.29) is 5.41 Å². The van der Waals surface area contributed by atoms with Gasteiger partial charge in [0.15, 0.2) is 0 Å². The lowest BCUT2D eigenvalue weighted by atomic mass is 9.68. The SMILES string of the molecule is CC1(C)c2ccccc2-c2cc3c4ccccc4ccc3c3cccc1c23. The van der Waals surface area contributed by atoms with Crippen molar-refractivity contribution in [1.82, 2.24) is 0 Å². The first kappa shape index (κ1) is 15.0. The Balaban J connectivity index is 1.92. The molecule has 0 N–H and O–H groups in total. The van der Waals surface area contributed by atoms with Gasteiger partial charge in [-0.3, -0.25) is 0 Å². The second-order valence-electron chi connectivity index (χ2n) is 8.20. The Labute approximate surface area is 159 Å². The van der Waals surface area contributed by atoms with Crippen LogP contribution in [0.4, 0.5) is 0 Å². The highest BCUT2D eigenvalue weighted by Crippen LogP contribution is 2.50. The van der Waals surface area contributed by atoms with Gasteiger partial charge in [0.1, 0.15) is 0 Å². The largest absolute Gasteiger partial charge is 0.0619 e.